The van der Waals surface area contributed by atoms with Gasteiger partial charge in [-0.05, 0) is 32.1 Å². The summed E-state index contributed by atoms with van der Waals surface area (Å²) in [6, 6.07) is 0. The van der Waals surface area contributed by atoms with Crippen LogP contribution < -0.4 is 0 Å². The molecule has 6 N–H and O–H groups in total. The first-order valence-electron chi connectivity index (χ1n) is 22.5. The van der Waals surface area contributed by atoms with Crippen molar-refractivity contribution in [2.45, 2.75) is 236 Å². The van der Waals surface area contributed by atoms with Crippen molar-refractivity contribution in [1.29, 1.82) is 0 Å². The summed E-state index contributed by atoms with van der Waals surface area (Å²) in [7, 11) is -5.11. The highest BCUT2D eigenvalue weighted by atomic mass is 31.2. The van der Waals surface area contributed by atoms with Crippen LogP contribution in [0.5, 0.6) is 0 Å². The van der Waals surface area contributed by atoms with Crippen molar-refractivity contribution in [3.05, 3.63) is 12.2 Å². The number of aliphatic hydroxyl groups is 5. The second kappa shape index (κ2) is 34.3. The molecule has 1 fully saturated rings. The van der Waals surface area contributed by atoms with Gasteiger partial charge in [0.05, 0.1) is 6.61 Å². The van der Waals surface area contributed by atoms with Crippen LogP contribution >= 0.6 is 7.82 Å². The molecule has 0 amide bonds. The summed E-state index contributed by atoms with van der Waals surface area (Å²) in [6.45, 7) is 3.27. The van der Waals surface area contributed by atoms with E-state index in [-0.39, 0.29) is 12.8 Å². The average molecular weight is 837 g/mol. The Kier molecular flexibility index (Phi) is 32.3. The van der Waals surface area contributed by atoms with Gasteiger partial charge in [0.15, 0.2) is 6.10 Å². The van der Waals surface area contributed by atoms with Crippen molar-refractivity contribution in [3.63, 3.8) is 0 Å². The third-order valence-electron chi connectivity index (χ3n) is 10.6. The second-order valence-corrected chi connectivity index (χ2v) is 17.3. The maximum Gasteiger partial charge on any atom is 0.472 e. The zero-order valence-electron chi connectivity index (χ0n) is 35.4. The van der Waals surface area contributed by atoms with Crippen LogP contribution in [0.1, 0.15) is 194 Å². The van der Waals surface area contributed by atoms with E-state index in [1.807, 2.05) is 0 Å². The summed E-state index contributed by atoms with van der Waals surface area (Å²) in [5.41, 5.74) is 0. The van der Waals surface area contributed by atoms with Gasteiger partial charge in [0.2, 0.25) is 0 Å². The van der Waals surface area contributed by atoms with Crippen molar-refractivity contribution in [2.24, 2.45) is 0 Å². The lowest BCUT2D eigenvalue weighted by atomic mass is 9.85. The predicted molar refractivity (Wildman–Crippen MR) is 221 cm³/mol. The van der Waals surface area contributed by atoms with E-state index in [2.05, 4.69) is 26.0 Å². The molecule has 1 aliphatic carbocycles. The number of phosphoric acid groups is 1. The van der Waals surface area contributed by atoms with Gasteiger partial charge in [0, 0.05) is 12.8 Å². The van der Waals surface area contributed by atoms with E-state index in [1.165, 1.54) is 109 Å². The minimum atomic E-state index is -5.11. The largest absolute Gasteiger partial charge is 0.472 e. The lowest BCUT2D eigenvalue weighted by molar-refractivity contribution is -0.220. The first-order chi connectivity index (χ1) is 27.4. The molecule has 8 atom stereocenters. The van der Waals surface area contributed by atoms with Crippen LogP contribution in [0.4, 0.5) is 0 Å². The molecule has 0 aromatic rings. The van der Waals surface area contributed by atoms with Crippen LogP contribution in [-0.2, 0) is 32.7 Å². The average Bonchev–Trinajstić information content (AvgIpc) is 3.19. The number of rotatable bonds is 37. The van der Waals surface area contributed by atoms with Gasteiger partial charge < -0.3 is 39.9 Å². The van der Waals surface area contributed by atoms with E-state index in [0.717, 1.165) is 44.9 Å². The number of hydrogen-bond acceptors (Lipinski definition) is 12. The second-order valence-electron chi connectivity index (χ2n) is 15.9. The van der Waals surface area contributed by atoms with Gasteiger partial charge in [-0.25, -0.2) is 4.57 Å². The van der Waals surface area contributed by atoms with Gasteiger partial charge in [-0.1, -0.05) is 161 Å². The van der Waals surface area contributed by atoms with Gasteiger partial charge in [-0.3, -0.25) is 18.6 Å². The number of allylic oxidation sites excluding steroid dienone is 2. The molecule has 0 heterocycles. The number of unbranched alkanes of at least 4 members (excludes halogenated alkanes) is 23. The number of carbonyl (C=O) groups excluding carboxylic acids is 2. The van der Waals surface area contributed by atoms with Crippen molar-refractivity contribution in [1.82, 2.24) is 0 Å². The quantitative estimate of drug-likeness (QED) is 0.0151. The molecule has 14 heteroatoms. The Morgan fingerprint density at radius 1 is 0.526 bits per heavy atom. The first-order valence-corrected chi connectivity index (χ1v) is 24.0. The maximum atomic E-state index is 12.8. The van der Waals surface area contributed by atoms with Crippen molar-refractivity contribution < 1.29 is 63.1 Å². The molecule has 57 heavy (non-hydrogen) atoms. The van der Waals surface area contributed by atoms with E-state index >= 15 is 0 Å². The van der Waals surface area contributed by atoms with Crippen LogP contribution in [0.15, 0.2) is 12.2 Å². The summed E-state index contributed by atoms with van der Waals surface area (Å²) in [6.07, 6.45) is 21.2. The maximum absolute atomic E-state index is 12.8. The van der Waals surface area contributed by atoms with Crippen LogP contribution in [0.3, 0.4) is 0 Å². The first kappa shape index (κ1) is 53.6. The molecule has 6 unspecified atom stereocenters. The Morgan fingerprint density at radius 3 is 1.39 bits per heavy atom. The van der Waals surface area contributed by atoms with Gasteiger partial charge in [-0.15, -0.1) is 0 Å². The van der Waals surface area contributed by atoms with E-state index in [0.29, 0.717) is 12.8 Å². The molecule has 0 aromatic carbocycles. The third kappa shape index (κ3) is 27.1. The standard InChI is InChI=1S/C43H81O13P/c1-3-5-7-9-11-13-15-17-18-20-21-23-25-27-29-31-36(44)53-33-35(34-54-57(51,52)56-43-41(49)39(47)38(46)40(48)42(43)50)55-37(45)32-30-28-26-24-22-19-16-14-12-10-8-6-4-2/h9,11,35,38-43,46-50H,3-8,10,12-34H2,1-2H3,(H,51,52)/b11-9+/t35-,38?,39-,40?,41?,42?,43?/m0/s1. The Morgan fingerprint density at radius 2 is 0.912 bits per heavy atom. The molecule has 0 aromatic heterocycles. The zero-order valence-corrected chi connectivity index (χ0v) is 36.3. The molecule has 1 aliphatic rings. The lowest BCUT2D eigenvalue weighted by Gasteiger charge is -2.41. The Hall–Kier alpha value is -1.41. The van der Waals surface area contributed by atoms with Crippen molar-refractivity contribution >= 4 is 19.8 Å². The fourth-order valence-corrected chi connectivity index (χ4v) is 7.89. The molecule has 0 spiro atoms. The Labute approximate surface area is 343 Å². The SMILES string of the molecule is CCCC/C=C/CCCCCCCCCCCC(=O)OC[C@@H](COP(=O)(O)OC1C(O)C(O)C(O)[C@H](O)C1O)OC(=O)CCCCCCCCCCCCCCC. The fraction of sp³-hybridized carbons (Fsp3) is 0.907. The van der Waals surface area contributed by atoms with Gasteiger partial charge in [-0.2, -0.15) is 0 Å². The Bertz CT molecular complexity index is 1060. The van der Waals surface area contributed by atoms with Crippen LogP contribution in [0.2, 0.25) is 0 Å². The number of phosphoric ester groups is 1. The normalized spacial score (nSPS) is 22.7. The minimum absolute atomic E-state index is 0.102. The highest BCUT2D eigenvalue weighted by molar-refractivity contribution is 7.47. The van der Waals surface area contributed by atoms with Crippen molar-refractivity contribution in [2.75, 3.05) is 13.2 Å². The van der Waals surface area contributed by atoms with Gasteiger partial charge in [0.1, 0.15) is 43.2 Å². The van der Waals surface area contributed by atoms with E-state index in [1.54, 1.807) is 0 Å². The van der Waals surface area contributed by atoms with Crippen LogP contribution in [-0.4, -0.2) is 98.3 Å². The molecule has 1 saturated carbocycles. The van der Waals surface area contributed by atoms with E-state index < -0.39 is 75.7 Å². The third-order valence-corrected chi connectivity index (χ3v) is 11.6. The summed E-state index contributed by atoms with van der Waals surface area (Å²) >= 11 is 0. The van der Waals surface area contributed by atoms with E-state index in [9.17, 15) is 44.6 Å². The highest BCUT2D eigenvalue weighted by Gasteiger charge is 2.51. The van der Waals surface area contributed by atoms with E-state index in [4.69, 9.17) is 18.5 Å². The molecule has 0 radical (unpaired) electrons. The molecule has 13 nitrogen and oxygen atoms in total. The van der Waals surface area contributed by atoms with Crippen molar-refractivity contribution in [3.8, 4) is 0 Å². The summed E-state index contributed by atoms with van der Waals surface area (Å²) in [5, 5.41) is 50.1. The molecule has 0 saturated heterocycles. The number of carbonyl (C=O) groups is 2. The molecule has 0 aliphatic heterocycles. The molecular weight excluding hydrogens is 755 g/mol. The molecular formula is C43H81O13P. The lowest BCUT2D eigenvalue weighted by Crippen LogP contribution is -2.64. The smallest absolute Gasteiger partial charge is 0.462 e. The number of ether oxygens (including phenoxy) is 2. The number of esters is 2. The van der Waals surface area contributed by atoms with Gasteiger partial charge in [0.25, 0.3) is 0 Å². The summed E-state index contributed by atoms with van der Waals surface area (Å²) < 4.78 is 33.5. The number of hydrogen-bond donors (Lipinski definition) is 6. The van der Waals surface area contributed by atoms with Crippen LogP contribution in [0, 0.1) is 0 Å². The van der Waals surface area contributed by atoms with Crippen LogP contribution in [0.25, 0.3) is 0 Å². The zero-order chi connectivity index (χ0) is 42.2. The predicted octanol–water partition coefficient (Wildman–Crippen LogP) is 8.28. The monoisotopic (exact) mass is 837 g/mol. The molecule has 0 bridgehead atoms. The molecule has 336 valence electrons. The minimum Gasteiger partial charge on any atom is -0.462 e. The number of aliphatic hydroxyl groups excluding tert-OH is 5. The summed E-state index contributed by atoms with van der Waals surface area (Å²) in [4.78, 5) is 35.6. The molecule has 1 rings (SSSR count). The highest BCUT2D eigenvalue weighted by Crippen LogP contribution is 2.47. The Balaban J connectivity index is 2.46. The fourth-order valence-electron chi connectivity index (χ4n) is 6.92. The summed E-state index contributed by atoms with van der Waals surface area (Å²) in [5.74, 6) is -1.09. The topological polar surface area (TPSA) is 210 Å². The van der Waals surface area contributed by atoms with Gasteiger partial charge >= 0.3 is 19.8 Å².